The zero-order chi connectivity index (χ0) is 24.7. The van der Waals surface area contributed by atoms with Gasteiger partial charge in [0, 0.05) is 5.92 Å². The van der Waals surface area contributed by atoms with Crippen LogP contribution in [-0.4, -0.2) is 35.8 Å². The molecule has 2 bridgehead atoms. The van der Waals surface area contributed by atoms with Crippen molar-refractivity contribution in [1.82, 2.24) is 0 Å². The molecule has 11 heteroatoms. The minimum atomic E-state index is -6.41. The van der Waals surface area contributed by atoms with Crippen LogP contribution in [0, 0.1) is 23.2 Å². The van der Waals surface area contributed by atoms with Crippen molar-refractivity contribution in [2.45, 2.75) is 51.4 Å². The summed E-state index contributed by atoms with van der Waals surface area (Å²) in [4.78, 5) is 13.6. The van der Waals surface area contributed by atoms with Crippen LogP contribution in [0.1, 0.15) is 27.2 Å². The normalized spacial score (nSPS) is 30.3. The van der Waals surface area contributed by atoms with Crippen molar-refractivity contribution in [2.75, 3.05) is 5.01 Å². The van der Waals surface area contributed by atoms with Crippen molar-refractivity contribution in [3.05, 3.63) is 41.5 Å². The van der Waals surface area contributed by atoms with Crippen LogP contribution >= 0.6 is 0 Å². The first-order valence-electron chi connectivity index (χ1n) is 10.2. The maximum absolute atomic E-state index is 15.5. The van der Waals surface area contributed by atoms with Crippen LogP contribution in [0.5, 0.6) is 0 Å². The zero-order valence-electron chi connectivity index (χ0n) is 17.7. The molecule has 1 spiro atoms. The van der Waals surface area contributed by atoms with Crippen molar-refractivity contribution in [2.24, 2.45) is 28.3 Å². The second kappa shape index (κ2) is 7.02. The Morgan fingerprint density at radius 3 is 2.12 bits per heavy atom. The van der Waals surface area contributed by atoms with E-state index in [-0.39, 0.29) is 23.4 Å². The largest absolute Gasteiger partial charge is 0.378 e. The fourth-order valence-electron chi connectivity index (χ4n) is 5.83. The van der Waals surface area contributed by atoms with Crippen LogP contribution in [0.15, 0.2) is 46.6 Å². The highest BCUT2D eigenvalue weighted by atomic mass is 19.4. The van der Waals surface area contributed by atoms with E-state index in [1.54, 1.807) is 13.0 Å². The fraction of sp³-hybridized carbons (Fsp3) is 0.545. The Morgan fingerprint density at radius 2 is 1.58 bits per heavy atom. The molecule has 4 atom stereocenters. The van der Waals surface area contributed by atoms with Crippen molar-refractivity contribution >= 4 is 17.3 Å². The number of allylic oxidation sites excluding steroid dienone is 2. The molecule has 2 aliphatic carbocycles. The summed E-state index contributed by atoms with van der Waals surface area (Å²) >= 11 is 0. The third kappa shape index (κ3) is 2.67. The molecule has 1 amide bonds. The van der Waals surface area contributed by atoms with E-state index >= 15 is 8.78 Å². The number of rotatable bonds is 5. The zero-order valence-corrected chi connectivity index (χ0v) is 17.7. The number of fused-ring (bicyclic) bond motifs is 3. The highest BCUT2D eigenvalue weighted by Gasteiger charge is 2.84. The highest BCUT2D eigenvalue weighted by molar-refractivity contribution is 6.20. The smallest absolute Gasteiger partial charge is 0.271 e. The molecule has 4 unspecified atom stereocenters. The summed E-state index contributed by atoms with van der Waals surface area (Å²) in [6.07, 6.45) is -5.20. The summed E-state index contributed by atoms with van der Waals surface area (Å²) in [6.45, 7) is 4.17. The number of hydrazone groups is 1. The van der Waals surface area contributed by atoms with Gasteiger partial charge < -0.3 is 0 Å². The number of carbonyl (C=O) groups is 1. The van der Waals surface area contributed by atoms with Gasteiger partial charge >= 0.3 is 24.2 Å². The van der Waals surface area contributed by atoms with Crippen molar-refractivity contribution < 1.29 is 39.9 Å². The molecule has 3 aliphatic rings. The second-order valence-corrected chi connectivity index (χ2v) is 8.87. The highest BCUT2D eigenvalue weighted by Crippen LogP contribution is 2.70. The van der Waals surface area contributed by atoms with Gasteiger partial charge in [-0.1, -0.05) is 29.3 Å². The topological polar surface area (TPSA) is 32.7 Å². The van der Waals surface area contributed by atoms with Crippen molar-refractivity contribution in [3.8, 4) is 0 Å². The molecule has 1 saturated carbocycles. The molecule has 33 heavy (non-hydrogen) atoms. The Balaban J connectivity index is 1.92. The van der Waals surface area contributed by atoms with Gasteiger partial charge in [-0.05, 0) is 45.2 Å². The predicted molar refractivity (Wildman–Crippen MR) is 104 cm³/mol. The molecular weight excluding hydrogens is 460 g/mol. The summed E-state index contributed by atoms with van der Waals surface area (Å²) in [5.41, 5.74) is -1.66. The van der Waals surface area contributed by atoms with Crippen molar-refractivity contribution in [1.29, 1.82) is 0 Å². The number of anilines is 1. The van der Waals surface area contributed by atoms with Gasteiger partial charge in [0.1, 0.15) is 5.41 Å². The molecule has 180 valence electrons. The van der Waals surface area contributed by atoms with E-state index in [1.807, 2.05) is 0 Å². The SMILES string of the molecule is CC1=NN(c2ccccc2)C(=O)C12C1CC(C(C)=C1C)C2C(F)(F)C(F)(F)C(F)(F)C(F)F. The monoisotopic (exact) mass is 480 g/mol. The molecule has 0 saturated heterocycles. The van der Waals surface area contributed by atoms with Gasteiger partial charge in [0.15, 0.2) is 0 Å². The summed E-state index contributed by atoms with van der Waals surface area (Å²) in [7, 11) is 0. The number of carbonyl (C=O) groups excluding carboxylic acids is 1. The number of nitrogens with zero attached hydrogens (tertiary/aromatic N) is 2. The van der Waals surface area contributed by atoms with Crippen LogP contribution in [0.25, 0.3) is 0 Å². The molecule has 3 nitrogen and oxygen atoms in total. The fourth-order valence-corrected chi connectivity index (χ4v) is 5.83. The van der Waals surface area contributed by atoms with Gasteiger partial charge in [-0.25, -0.2) is 8.78 Å². The quantitative estimate of drug-likeness (QED) is 0.367. The molecule has 4 rings (SSSR count). The molecule has 1 heterocycles. The van der Waals surface area contributed by atoms with E-state index < -0.39 is 53.3 Å². The number of hydrogen-bond acceptors (Lipinski definition) is 2. The molecule has 1 aromatic carbocycles. The standard InChI is InChI=1S/C22H20F8N2O/c1-10-11(2)15-9-14(10)16(20(25,26)22(29,30)21(27,28)17(23)24)19(15)12(3)31-32(18(19)33)13-7-5-4-6-8-13/h4-8,14-17H,9H2,1-3H3. The van der Waals surface area contributed by atoms with Crippen LogP contribution in [-0.2, 0) is 4.79 Å². The van der Waals surface area contributed by atoms with E-state index in [1.165, 1.54) is 38.1 Å². The Bertz CT molecular complexity index is 1050. The first-order chi connectivity index (χ1) is 15.1. The molecule has 0 radical (unpaired) electrons. The van der Waals surface area contributed by atoms with Gasteiger partial charge in [0.2, 0.25) is 0 Å². The maximum Gasteiger partial charge on any atom is 0.378 e. The lowest BCUT2D eigenvalue weighted by molar-refractivity contribution is -0.356. The minimum absolute atomic E-state index is 0.171. The van der Waals surface area contributed by atoms with E-state index in [2.05, 4.69) is 5.10 Å². The summed E-state index contributed by atoms with van der Waals surface area (Å²) in [5, 5.41) is 4.86. The lowest BCUT2D eigenvalue weighted by Gasteiger charge is -2.46. The maximum atomic E-state index is 15.5. The Hall–Kier alpha value is -2.46. The third-order valence-corrected chi connectivity index (χ3v) is 7.53. The molecule has 1 fully saturated rings. The Morgan fingerprint density at radius 1 is 1.00 bits per heavy atom. The number of para-hydroxylation sites is 1. The number of alkyl halides is 8. The summed E-state index contributed by atoms with van der Waals surface area (Å²) < 4.78 is 113. The average Bonchev–Trinajstić information content (AvgIpc) is 3.34. The van der Waals surface area contributed by atoms with Gasteiger partial charge in [0.05, 0.1) is 17.3 Å². The molecule has 1 aliphatic heterocycles. The minimum Gasteiger partial charge on any atom is -0.271 e. The number of hydrogen-bond donors (Lipinski definition) is 0. The van der Waals surface area contributed by atoms with Crippen molar-refractivity contribution in [3.63, 3.8) is 0 Å². The molecule has 0 N–H and O–H groups in total. The lowest BCUT2D eigenvalue weighted by atomic mass is 9.59. The van der Waals surface area contributed by atoms with E-state index in [0.29, 0.717) is 5.57 Å². The first-order valence-corrected chi connectivity index (χ1v) is 10.2. The average molecular weight is 480 g/mol. The van der Waals surface area contributed by atoms with E-state index in [4.69, 9.17) is 0 Å². The third-order valence-electron chi connectivity index (χ3n) is 7.53. The summed E-state index contributed by atoms with van der Waals surface area (Å²) in [6, 6.07) is 7.59. The number of benzene rings is 1. The van der Waals surface area contributed by atoms with Crippen LogP contribution in [0.4, 0.5) is 40.8 Å². The Kier molecular flexibility index (Phi) is 5.04. The number of halogens is 8. The summed E-state index contributed by atoms with van der Waals surface area (Å²) in [5.74, 6) is -24.5. The van der Waals surface area contributed by atoms with Gasteiger partial charge in [-0.2, -0.15) is 36.5 Å². The van der Waals surface area contributed by atoms with Crippen LogP contribution < -0.4 is 5.01 Å². The molecule has 1 aromatic rings. The van der Waals surface area contributed by atoms with Gasteiger partial charge in [-0.15, -0.1) is 0 Å². The second-order valence-electron chi connectivity index (χ2n) is 8.87. The first kappa shape index (κ1) is 23.7. The predicted octanol–water partition coefficient (Wildman–Crippen LogP) is 6.17. The Labute approximate surface area is 184 Å². The lowest BCUT2D eigenvalue weighted by Crippen LogP contribution is -2.66. The number of amides is 1. The molecule has 0 aromatic heterocycles. The van der Waals surface area contributed by atoms with Gasteiger partial charge in [0.25, 0.3) is 5.91 Å². The van der Waals surface area contributed by atoms with E-state index in [9.17, 15) is 31.1 Å². The van der Waals surface area contributed by atoms with Crippen LogP contribution in [0.2, 0.25) is 0 Å². The van der Waals surface area contributed by atoms with Gasteiger partial charge in [-0.3, -0.25) is 4.79 Å². The van der Waals surface area contributed by atoms with E-state index in [0.717, 1.165) is 5.01 Å². The molecular formula is C22H20F8N2O. The van der Waals surface area contributed by atoms with Crippen LogP contribution in [0.3, 0.4) is 0 Å².